The Bertz CT molecular complexity index is 576. The Morgan fingerprint density at radius 3 is 2.85 bits per heavy atom. The lowest BCUT2D eigenvalue weighted by atomic mass is 10.3. The lowest BCUT2D eigenvalue weighted by Gasteiger charge is -2.07. The van der Waals surface area contributed by atoms with Crippen molar-refractivity contribution in [3.8, 4) is 0 Å². The van der Waals surface area contributed by atoms with Crippen LogP contribution in [0.1, 0.15) is 19.8 Å². The van der Waals surface area contributed by atoms with Crippen LogP contribution in [0.4, 0.5) is 26.2 Å². The molecular weight excluding hydrogens is 264 g/mol. The summed E-state index contributed by atoms with van der Waals surface area (Å²) in [6, 6.07) is 3.23. The normalized spacial score (nSPS) is 10.3. The summed E-state index contributed by atoms with van der Waals surface area (Å²) in [4.78, 5) is 4.15. The van der Waals surface area contributed by atoms with Gasteiger partial charge < -0.3 is 10.6 Å². The van der Waals surface area contributed by atoms with E-state index < -0.39 is 11.6 Å². The third kappa shape index (κ3) is 3.84. The quantitative estimate of drug-likeness (QED) is 0.795. The maximum Gasteiger partial charge on any atom is 0.249 e. The first-order chi connectivity index (χ1) is 9.69. The van der Waals surface area contributed by atoms with Crippen molar-refractivity contribution in [2.75, 3.05) is 17.2 Å². The van der Waals surface area contributed by atoms with Crippen LogP contribution in [0.15, 0.2) is 24.4 Å². The van der Waals surface area contributed by atoms with Crippen molar-refractivity contribution < 1.29 is 8.78 Å². The van der Waals surface area contributed by atoms with E-state index in [0.29, 0.717) is 5.82 Å². The number of halogens is 2. The minimum absolute atomic E-state index is 0.0962. The standard InChI is InChI=1S/C13H15F2N5/c1-2-3-6-16-12-8-17-20-13(19-12)18-11-5-4-9(14)7-10(11)15/h4-5,7-8H,2-3,6H2,1H3,(H2,16,18,19,20). The summed E-state index contributed by atoms with van der Waals surface area (Å²) in [5, 5.41) is 13.3. The lowest BCUT2D eigenvalue weighted by Crippen LogP contribution is -2.07. The molecule has 0 aliphatic rings. The van der Waals surface area contributed by atoms with Crippen LogP contribution in [0, 0.1) is 11.6 Å². The van der Waals surface area contributed by atoms with Gasteiger partial charge in [0.05, 0.1) is 11.9 Å². The number of nitrogens with one attached hydrogen (secondary N) is 2. The molecule has 2 N–H and O–H groups in total. The van der Waals surface area contributed by atoms with Crippen LogP contribution in [0.25, 0.3) is 0 Å². The molecule has 2 aromatic rings. The van der Waals surface area contributed by atoms with E-state index in [1.54, 1.807) is 0 Å². The molecule has 0 radical (unpaired) electrons. The molecule has 5 nitrogen and oxygen atoms in total. The van der Waals surface area contributed by atoms with E-state index in [2.05, 4.69) is 32.7 Å². The first-order valence-electron chi connectivity index (χ1n) is 6.34. The van der Waals surface area contributed by atoms with Crippen LogP contribution >= 0.6 is 0 Å². The molecule has 20 heavy (non-hydrogen) atoms. The Hall–Kier alpha value is -2.31. The predicted molar refractivity (Wildman–Crippen MR) is 72.9 cm³/mol. The van der Waals surface area contributed by atoms with Crippen molar-refractivity contribution in [2.24, 2.45) is 0 Å². The molecule has 0 bridgehead atoms. The number of nitrogens with zero attached hydrogens (tertiary/aromatic N) is 3. The second kappa shape index (κ2) is 6.74. The number of aromatic nitrogens is 3. The summed E-state index contributed by atoms with van der Waals surface area (Å²) >= 11 is 0. The van der Waals surface area contributed by atoms with Crippen molar-refractivity contribution in [3.63, 3.8) is 0 Å². The molecule has 106 valence electrons. The van der Waals surface area contributed by atoms with Crippen molar-refractivity contribution in [2.45, 2.75) is 19.8 Å². The van der Waals surface area contributed by atoms with E-state index >= 15 is 0 Å². The monoisotopic (exact) mass is 279 g/mol. The first-order valence-corrected chi connectivity index (χ1v) is 6.34. The predicted octanol–water partition coefficient (Wildman–Crippen LogP) is 3.11. The van der Waals surface area contributed by atoms with Gasteiger partial charge in [0.25, 0.3) is 0 Å². The van der Waals surface area contributed by atoms with E-state index in [4.69, 9.17) is 0 Å². The van der Waals surface area contributed by atoms with Gasteiger partial charge in [-0.05, 0) is 18.6 Å². The molecule has 0 unspecified atom stereocenters. The summed E-state index contributed by atoms with van der Waals surface area (Å²) in [5.41, 5.74) is 0.0962. The van der Waals surface area contributed by atoms with Gasteiger partial charge in [0.2, 0.25) is 5.95 Å². The molecule has 0 spiro atoms. The fourth-order valence-electron chi connectivity index (χ4n) is 1.55. The van der Waals surface area contributed by atoms with E-state index in [1.807, 2.05) is 0 Å². The van der Waals surface area contributed by atoms with Crippen molar-refractivity contribution >= 4 is 17.5 Å². The van der Waals surface area contributed by atoms with Crippen molar-refractivity contribution in [1.29, 1.82) is 0 Å². The molecule has 1 heterocycles. The smallest absolute Gasteiger partial charge is 0.249 e. The van der Waals surface area contributed by atoms with Gasteiger partial charge in [0.15, 0.2) is 5.82 Å². The topological polar surface area (TPSA) is 62.7 Å². The van der Waals surface area contributed by atoms with Gasteiger partial charge in [0, 0.05) is 12.6 Å². The van der Waals surface area contributed by atoms with Crippen LogP contribution in [-0.4, -0.2) is 21.7 Å². The molecule has 7 heteroatoms. The fraction of sp³-hybridized carbons (Fsp3) is 0.308. The van der Waals surface area contributed by atoms with Gasteiger partial charge in [-0.1, -0.05) is 13.3 Å². The zero-order valence-corrected chi connectivity index (χ0v) is 11.0. The fourth-order valence-corrected chi connectivity index (χ4v) is 1.55. The average molecular weight is 279 g/mol. The van der Waals surface area contributed by atoms with E-state index in [-0.39, 0.29) is 11.6 Å². The Labute approximate surface area is 115 Å². The van der Waals surface area contributed by atoms with E-state index in [9.17, 15) is 8.78 Å². The highest BCUT2D eigenvalue weighted by Crippen LogP contribution is 2.18. The number of hydrogen-bond acceptors (Lipinski definition) is 5. The van der Waals surface area contributed by atoms with Gasteiger partial charge >= 0.3 is 0 Å². The third-order valence-electron chi connectivity index (χ3n) is 2.57. The molecule has 1 aromatic carbocycles. The van der Waals surface area contributed by atoms with Gasteiger partial charge in [-0.25, -0.2) is 8.78 Å². The van der Waals surface area contributed by atoms with Crippen LogP contribution < -0.4 is 10.6 Å². The number of benzene rings is 1. The molecule has 0 aliphatic carbocycles. The van der Waals surface area contributed by atoms with Gasteiger partial charge in [-0.3, -0.25) is 0 Å². The van der Waals surface area contributed by atoms with E-state index in [0.717, 1.165) is 31.5 Å². The Kier molecular flexibility index (Phi) is 4.75. The average Bonchev–Trinajstić information content (AvgIpc) is 2.43. The Balaban J connectivity index is 2.07. The summed E-state index contributed by atoms with van der Waals surface area (Å²) < 4.78 is 26.3. The maximum atomic E-state index is 13.5. The summed E-state index contributed by atoms with van der Waals surface area (Å²) in [7, 11) is 0. The van der Waals surface area contributed by atoms with Crippen LogP contribution in [0.3, 0.4) is 0 Å². The second-order valence-electron chi connectivity index (χ2n) is 4.19. The molecule has 0 saturated heterocycles. The maximum absolute atomic E-state index is 13.5. The van der Waals surface area contributed by atoms with Crippen molar-refractivity contribution in [3.05, 3.63) is 36.0 Å². The SMILES string of the molecule is CCCCNc1cnnc(Nc2ccc(F)cc2F)n1. The van der Waals surface area contributed by atoms with Crippen LogP contribution in [-0.2, 0) is 0 Å². The lowest BCUT2D eigenvalue weighted by molar-refractivity contribution is 0.586. The summed E-state index contributed by atoms with van der Waals surface area (Å²) in [5.74, 6) is -0.643. The van der Waals surface area contributed by atoms with Crippen molar-refractivity contribution in [1.82, 2.24) is 15.2 Å². The minimum atomic E-state index is -0.710. The molecule has 0 amide bonds. The number of rotatable bonds is 6. The largest absolute Gasteiger partial charge is 0.369 e. The molecule has 0 aliphatic heterocycles. The molecular formula is C13H15F2N5. The highest BCUT2D eigenvalue weighted by molar-refractivity contribution is 5.54. The second-order valence-corrected chi connectivity index (χ2v) is 4.19. The number of anilines is 3. The first kappa shape index (κ1) is 14.1. The minimum Gasteiger partial charge on any atom is -0.369 e. The van der Waals surface area contributed by atoms with Gasteiger partial charge in [-0.2, -0.15) is 10.1 Å². The van der Waals surface area contributed by atoms with Gasteiger partial charge in [-0.15, -0.1) is 5.10 Å². The van der Waals surface area contributed by atoms with E-state index in [1.165, 1.54) is 12.3 Å². The van der Waals surface area contributed by atoms with Gasteiger partial charge in [0.1, 0.15) is 11.6 Å². The number of unbranched alkanes of at least 4 members (excludes halogenated alkanes) is 1. The highest BCUT2D eigenvalue weighted by Gasteiger charge is 2.06. The van der Waals surface area contributed by atoms with Crippen LogP contribution in [0.2, 0.25) is 0 Å². The number of hydrogen-bond donors (Lipinski definition) is 2. The van der Waals surface area contributed by atoms with Crippen LogP contribution in [0.5, 0.6) is 0 Å². The molecule has 2 rings (SSSR count). The molecule has 0 fully saturated rings. The Morgan fingerprint density at radius 1 is 1.25 bits per heavy atom. The summed E-state index contributed by atoms with van der Waals surface area (Å²) in [6.45, 7) is 2.86. The Morgan fingerprint density at radius 2 is 2.10 bits per heavy atom. The zero-order chi connectivity index (χ0) is 14.4. The molecule has 0 saturated carbocycles. The third-order valence-corrected chi connectivity index (χ3v) is 2.57. The highest BCUT2D eigenvalue weighted by atomic mass is 19.1. The molecule has 1 aromatic heterocycles. The summed E-state index contributed by atoms with van der Waals surface area (Å²) in [6.07, 6.45) is 3.57. The zero-order valence-electron chi connectivity index (χ0n) is 11.0. The molecule has 0 atom stereocenters.